The number of rotatable bonds is 2. The normalized spacial score (nSPS) is 9.57. The van der Waals surface area contributed by atoms with Crippen LogP contribution in [0.1, 0.15) is 15.9 Å². The second kappa shape index (κ2) is 3.84. The van der Waals surface area contributed by atoms with Crippen molar-refractivity contribution in [3.8, 4) is 0 Å². The predicted molar refractivity (Wildman–Crippen MR) is 47.1 cm³/mol. The minimum atomic E-state index is -0.889. The van der Waals surface area contributed by atoms with E-state index in [0.717, 1.165) is 0 Å². The van der Waals surface area contributed by atoms with Crippen LogP contribution in [-0.2, 0) is 0 Å². The number of hydrogen-bond donors (Lipinski definition) is 2. The average molecular weight is 196 g/mol. The number of hydrogen-bond acceptors (Lipinski definition) is 4. The third-order valence-corrected chi connectivity index (χ3v) is 1.77. The van der Waals surface area contributed by atoms with E-state index in [-0.39, 0.29) is 11.3 Å². The van der Waals surface area contributed by atoms with Crippen LogP contribution in [0.15, 0.2) is 18.2 Å². The van der Waals surface area contributed by atoms with Crippen molar-refractivity contribution in [3.63, 3.8) is 0 Å². The molecule has 6 nitrogen and oxygen atoms in total. The number of nitro benzene ring substituents is 1. The van der Waals surface area contributed by atoms with Gasteiger partial charge in [0, 0.05) is 5.56 Å². The van der Waals surface area contributed by atoms with Crippen molar-refractivity contribution in [2.24, 2.45) is 0 Å². The van der Waals surface area contributed by atoms with E-state index < -0.39 is 10.8 Å². The molecule has 0 aliphatic carbocycles. The van der Waals surface area contributed by atoms with Crippen LogP contribution >= 0.6 is 0 Å². The zero-order valence-corrected chi connectivity index (χ0v) is 7.35. The summed E-state index contributed by atoms with van der Waals surface area (Å²) in [6.07, 6.45) is 0. The van der Waals surface area contributed by atoms with Crippen molar-refractivity contribution in [2.45, 2.75) is 6.92 Å². The third-order valence-electron chi connectivity index (χ3n) is 1.77. The molecule has 0 radical (unpaired) electrons. The summed E-state index contributed by atoms with van der Waals surface area (Å²) in [7, 11) is 0. The number of para-hydroxylation sites is 1. The molecule has 0 aromatic heterocycles. The number of hydroxylamine groups is 1. The van der Waals surface area contributed by atoms with Gasteiger partial charge in [0.05, 0.1) is 4.92 Å². The monoisotopic (exact) mass is 196 g/mol. The molecule has 0 spiro atoms. The number of carbonyl (C=O) groups excluding carboxylic acids is 1. The largest absolute Gasteiger partial charge is 0.288 e. The minimum Gasteiger partial charge on any atom is -0.288 e. The second-order valence-electron chi connectivity index (χ2n) is 2.67. The topological polar surface area (TPSA) is 92.5 Å². The molecule has 1 aromatic rings. The van der Waals surface area contributed by atoms with Crippen LogP contribution in [0, 0.1) is 17.0 Å². The lowest BCUT2D eigenvalue weighted by molar-refractivity contribution is -0.385. The van der Waals surface area contributed by atoms with Gasteiger partial charge in [0.25, 0.3) is 11.6 Å². The van der Waals surface area contributed by atoms with Gasteiger partial charge in [0.2, 0.25) is 0 Å². The van der Waals surface area contributed by atoms with E-state index in [1.807, 2.05) is 0 Å². The molecule has 2 N–H and O–H groups in total. The quantitative estimate of drug-likeness (QED) is 0.419. The Balaban J connectivity index is 3.35. The van der Waals surface area contributed by atoms with E-state index in [2.05, 4.69) is 0 Å². The number of nitrogens with one attached hydrogen (secondary N) is 1. The molecule has 0 aliphatic rings. The molecule has 0 saturated heterocycles. The molecule has 1 aromatic carbocycles. The Bertz CT molecular complexity index is 389. The maximum atomic E-state index is 11.0. The molecule has 0 unspecified atom stereocenters. The fourth-order valence-corrected chi connectivity index (χ4v) is 1.14. The van der Waals surface area contributed by atoms with Crippen LogP contribution in [0.25, 0.3) is 0 Å². The van der Waals surface area contributed by atoms with Gasteiger partial charge in [0.15, 0.2) is 0 Å². The number of aryl methyl sites for hydroxylation is 1. The average Bonchev–Trinajstić information content (AvgIpc) is 2.15. The molecular weight excluding hydrogens is 188 g/mol. The zero-order chi connectivity index (χ0) is 10.7. The molecule has 1 amide bonds. The number of carbonyl (C=O) groups is 1. The van der Waals surface area contributed by atoms with Crippen molar-refractivity contribution < 1.29 is 14.9 Å². The van der Waals surface area contributed by atoms with E-state index >= 15 is 0 Å². The van der Waals surface area contributed by atoms with E-state index in [9.17, 15) is 14.9 Å². The summed E-state index contributed by atoms with van der Waals surface area (Å²) in [5, 5.41) is 19.0. The van der Waals surface area contributed by atoms with Gasteiger partial charge < -0.3 is 0 Å². The highest BCUT2D eigenvalue weighted by Gasteiger charge is 2.21. The lowest BCUT2D eigenvalue weighted by Crippen LogP contribution is -2.20. The molecule has 0 atom stereocenters. The number of nitro groups is 1. The third kappa shape index (κ3) is 1.69. The molecule has 6 heteroatoms. The Labute approximate surface area is 79.3 Å². The molecule has 0 aliphatic heterocycles. The van der Waals surface area contributed by atoms with Gasteiger partial charge in [-0.1, -0.05) is 12.1 Å². The smallest absolute Gasteiger partial charge is 0.285 e. The van der Waals surface area contributed by atoms with E-state index in [1.165, 1.54) is 30.6 Å². The Morgan fingerprint density at radius 1 is 1.57 bits per heavy atom. The van der Waals surface area contributed by atoms with Crippen LogP contribution in [0.3, 0.4) is 0 Å². The summed E-state index contributed by atoms with van der Waals surface area (Å²) in [6.45, 7) is 1.52. The highest BCUT2D eigenvalue weighted by Crippen LogP contribution is 2.22. The van der Waals surface area contributed by atoms with Crippen molar-refractivity contribution in [1.82, 2.24) is 5.48 Å². The van der Waals surface area contributed by atoms with Crippen LogP contribution < -0.4 is 5.48 Å². The number of nitrogens with zero attached hydrogens (tertiary/aromatic N) is 1. The predicted octanol–water partition coefficient (Wildman–Crippen LogP) is 1.02. The first-order valence-corrected chi connectivity index (χ1v) is 3.76. The van der Waals surface area contributed by atoms with E-state index in [1.54, 1.807) is 0 Å². The molecular formula is C8H8N2O4. The molecule has 1 rings (SSSR count). The molecule has 0 saturated carbocycles. The van der Waals surface area contributed by atoms with Gasteiger partial charge in [-0.2, -0.15) is 0 Å². The van der Waals surface area contributed by atoms with Crippen molar-refractivity contribution in [1.29, 1.82) is 0 Å². The van der Waals surface area contributed by atoms with Gasteiger partial charge in [-0.15, -0.1) is 0 Å². The lowest BCUT2D eigenvalue weighted by atomic mass is 10.1. The van der Waals surface area contributed by atoms with Crippen molar-refractivity contribution >= 4 is 11.6 Å². The fraction of sp³-hybridized carbons (Fsp3) is 0.125. The fourth-order valence-electron chi connectivity index (χ4n) is 1.14. The van der Waals surface area contributed by atoms with Crippen LogP contribution in [-0.4, -0.2) is 16.0 Å². The SMILES string of the molecule is Cc1cccc(C(=O)NO)c1[N+](=O)[O-]. The Kier molecular flexibility index (Phi) is 2.78. The van der Waals surface area contributed by atoms with E-state index in [0.29, 0.717) is 5.56 Å². The molecule has 0 bridgehead atoms. The Hall–Kier alpha value is -1.95. The van der Waals surface area contributed by atoms with Gasteiger partial charge in [0.1, 0.15) is 5.56 Å². The number of benzene rings is 1. The lowest BCUT2D eigenvalue weighted by Gasteiger charge is -2.02. The Morgan fingerprint density at radius 3 is 2.71 bits per heavy atom. The second-order valence-corrected chi connectivity index (χ2v) is 2.67. The maximum Gasteiger partial charge on any atom is 0.285 e. The Morgan fingerprint density at radius 2 is 2.21 bits per heavy atom. The maximum absolute atomic E-state index is 11.0. The van der Waals surface area contributed by atoms with Crippen molar-refractivity contribution in [3.05, 3.63) is 39.4 Å². The van der Waals surface area contributed by atoms with Crippen LogP contribution in [0.4, 0.5) is 5.69 Å². The van der Waals surface area contributed by atoms with E-state index in [4.69, 9.17) is 5.21 Å². The van der Waals surface area contributed by atoms with Gasteiger partial charge in [-0.25, -0.2) is 5.48 Å². The van der Waals surface area contributed by atoms with Crippen LogP contribution in [0.2, 0.25) is 0 Å². The van der Waals surface area contributed by atoms with Crippen molar-refractivity contribution in [2.75, 3.05) is 0 Å². The summed E-state index contributed by atoms with van der Waals surface area (Å²) in [4.78, 5) is 21.0. The summed E-state index contributed by atoms with van der Waals surface area (Å²) in [5.74, 6) is -0.889. The molecule has 14 heavy (non-hydrogen) atoms. The van der Waals surface area contributed by atoms with Gasteiger partial charge in [-0.05, 0) is 13.0 Å². The summed E-state index contributed by atoms with van der Waals surface area (Å²) in [6, 6.07) is 4.30. The zero-order valence-electron chi connectivity index (χ0n) is 7.35. The standard InChI is InChI=1S/C8H8N2O4/c1-5-3-2-4-6(8(11)9-12)7(5)10(13)14/h2-4,12H,1H3,(H,9,11). The van der Waals surface area contributed by atoms with Gasteiger partial charge >= 0.3 is 0 Å². The summed E-state index contributed by atoms with van der Waals surface area (Å²) < 4.78 is 0. The van der Waals surface area contributed by atoms with Gasteiger partial charge in [-0.3, -0.25) is 20.1 Å². The molecule has 0 fully saturated rings. The summed E-state index contributed by atoms with van der Waals surface area (Å²) in [5.41, 5.74) is 1.28. The number of amides is 1. The highest BCUT2D eigenvalue weighted by molar-refractivity contribution is 5.97. The minimum absolute atomic E-state index is 0.155. The van der Waals surface area contributed by atoms with Crippen LogP contribution in [0.5, 0.6) is 0 Å². The first kappa shape index (κ1) is 10.1. The molecule has 0 heterocycles. The highest BCUT2D eigenvalue weighted by atomic mass is 16.6. The summed E-state index contributed by atoms with van der Waals surface area (Å²) >= 11 is 0. The molecule has 74 valence electrons. The first-order valence-electron chi connectivity index (χ1n) is 3.76. The first-order chi connectivity index (χ1) is 6.57.